The minimum absolute atomic E-state index is 0.0150. The molecule has 0 amide bonds. The van der Waals surface area contributed by atoms with E-state index in [1.165, 1.54) is 44.9 Å². The summed E-state index contributed by atoms with van der Waals surface area (Å²) in [7, 11) is 0. The fourth-order valence-electron chi connectivity index (χ4n) is 3.87. The first-order valence-electron chi connectivity index (χ1n) is 7.38. The molecule has 2 fully saturated rings. The van der Waals surface area contributed by atoms with E-state index in [9.17, 15) is 5.11 Å². The Kier molecular flexibility index (Phi) is 4.29. The van der Waals surface area contributed by atoms with Gasteiger partial charge in [0, 0.05) is 0 Å². The molecule has 0 aliphatic heterocycles. The molecule has 3 atom stereocenters. The van der Waals surface area contributed by atoms with E-state index >= 15 is 0 Å². The molecule has 1 heteroatoms. The van der Waals surface area contributed by atoms with Crippen molar-refractivity contribution in [3.05, 3.63) is 0 Å². The molecular formula is C15H28O. The Hall–Kier alpha value is -0.0400. The Morgan fingerprint density at radius 2 is 1.69 bits per heavy atom. The summed E-state index contributed by atoms with van der Waals surface area (Å²) in [4.78, 5) is 0. The van der Waals surface area contributed by atoms with Gasteiger partial charge in [0.1, 0.15) is 0 Å². The van der Waals surface area contributed by atoms with Crippen molar-refractivity contribution in [2.45, 2.75) is 71.3 Å². The Morgan fingerprint density at radius 1 is 1.00 bits per heavy atom. The lowest BCUT2D eigenvalue weighted by Gasteiger charge is -2.40. The highest BCUT2D eigenvalue weighted by Gasteiger charge is 2.35. The third kappa shape index (κ3) is 2.80. The highest BCUT2D eigenvalue weighted by molar-refractivity contribution is 4.86. The lowest BCUT2D eigenvalue weighted by molar-refractivity contribution is 0.00265. The van der Waals surface area contributed by atoms with Crippen LogP contribution in [0.5, 0.6) is 0 Å². The molecule has 0 heterocycles. The molecule has 1 N–H and O–H groups in total. The zero-order valence-corrected chi connectivity index (χ0v) is 11.0. The van der Waals surface area contributed by atoms with Crippen LogP contribution in [0.2, 0.25) is 0 Å². The normalized spacial score (nSPS) is 45.6. The van der Waals surface area contributed by atoms with Gasteiger partial charge < -0.3 is 5.11 Å². The molecule has 94 valence electrons. The summed E-state index contributed by atoms with van der Waals surface area (Å²) in [6.07, 6.45) is 10.5. The number of aliphatic hydroxyl groups is 1. The van der Waals surface area contributed by atoms with E-state index in [2.05, 4.69) is 13.8 Å². The summed E-state index contributed by atoms with van der Waals surface area (Å²) in [5.41, 5.74) is 0. The molecule has 16 heavy (non-hydrogen) atoms. The van der Waals surface area contributed by atoms with E-state index in [4.69, 9.17) is 0 Å². The van der Waals surface area contributed by atoms with Gasteiger partial charge in [-0.2, -0.15) is 0 Å². The molecule has 0 aromatic heterocycles. The van der Waals surface area contributed by atoms with Crippen molar-refractivity contribution >= 4 is 0 Å². The van der Waals surface area contributed by atoms with Gasteiger partial charge in [-0.25, -0.2) is 0 Å². The SMILES string of the molecule is CCC1CCC(O)C(C2CCC(C)CC2)C1. The van der Waals surface area contributed by atoms with E-state index < -0.39 is 0 Å². The third-order valence-corrected chi connectivity index (χ3v) is 5.21. The van der Waals surface area contributed by atoms with Crippen LogP contribution in [0.25, 0.3) is 0 Å². The smallest absolute Gasteiger partial charge is 0.0571 e. The molecule has 0 radical (unpaired) electrons. The van der Waals surface area contributed by atoms with Crippen molar-refractivity contribution in [3.8, 4) is 0 Å². The van der Waals surface area contributed by atoms with Crippen LogP contribution in [-0.4, -0.2) is 11.2 Å². The predicted octanol–water partition coefficient (Wildman–Crippen LogP) is 4.00. The maximum absolute atomic E-state index is 10.2. The summed E-state index contributed by atoms with van der Waals surface area (Å²) in [6.45, 7) is 4.69. The minimum Gasteiger partial charge on any atom is -0.393 e. The number of aliphatic hydroxyl groups excluding tert-OH is 1. The van der Waals surface area contributed by atoms with Gasteiger partial charge in [0.25, 0.3) is 0 Å². The first-order valence-corrected chi connectivity index (χ1v) is 7.38. The van der Waals surface area contributed by atoms with Gasteiger partial charge in [-0.15, -0.1) is 0 Å². The fraction of sp³-hybridized carbons (Fsp3) is 1.00. The van der Waals surface area contributed by atoms with E-state index in [0.29, 0.717) is 5.92 Å². The Labute approximate surface area is 101 Å². The number of rotatable bonds is 2. The minimum atomic E-state index is 0.0150. The molecule has 0 aromatic carbocycles. The van der Waals surface area contributed by atoms with Gasteiger partial charge in [-0.05, 0) is 55.8 Å². The summed E-state index contributed by atoms with van der Waals surface area (Å²) in [5, 5.41) is 10.2. The van der Waals surface area contributed by atoms with Gasteiger partial charge in [-0.3, -0.25) is 0 Å². The van der Waals surface area contributed by atoms with Crippen molar-refractivity contribution in [2.24, 2.45) is 23.7 Å². The molecule has 0 spiro atoms. The zero-order valence-electron chi connectivity index (χ0n) is 11.0. The van der Waals surface area contributed by atoms with Gasteiger partial charge in [0.05, 0.1) is 6.10 Å². The van der Waals surface area contributed by atoms with Crippen LogP contribution < -0.4 is 0 Å². The largest absolute Gasteiger partial charge is 0.393 e. The second kappa shape index (κ2) is 5.53. The highest BCUT2D eigenvalue weighted by Crippen LogP contribution is 2.42. The van der Waals surface area contributed by atoms with Crippen LogP contribution in [0.15, 0.2) is 0 Å². The van der Waals surface area contributed by atoms with Crippen molar-refractivity contribution in [2.75, 3.05) is 0 Å². The monoisotopic (exact) mass is 224 g/mol. The molecule has 0 bridgehead atoms. The van der Waals surface area contributed by atoms with Crippen LogP contribution in [0, 0.1) is 23.7 Å². The second-order valence-electron chi connectivity index (χ2n) is 6.34. The van der Waals surface area contributed by atoms with Gasteiger partial charge >= 0.3 is 0 Å². The predicted molar refractivity (Wildman–Crippen MR) is 68.3 cm³/mol. The topological polar surface area (TPSA) is 20.2 Å². The highest BCUT2D eigenvalue weighted by atomic mass is 16.3. The van der Waals surface area contributed by atoms with E-state index in [1.807, 2.05) is 0 Å². The molecule has 3 unspecified atom stereocenters. The third-order valence-electron chi connectivity index (χ3n) is 5.21. The molecular weight excluding hydrogens is 196 g/mol. The molecule has 1 nitrogen and oxygen atoms in total. The molecule has 2 aliphatic rings. The van der Waals surface area contributed by atoms with E-state index in [-0.39, 0.29) is 6.10 Å². The quantitative estimate of drug-likeness (QED) is 0.751. The van der Waals surface area contributed by atoms with Gasteiger partial charge in [0.2, 0.25) is 0 Å². The van der Waals surface area contributed by atoms with Crippen LogP contribution in [0.3, 0.4) is 0 Å². The summed E-state index contributed by atoms with van der Waals surface area (Å²) >= 11 is 0. The zero-order chi connectivity index (χ0) is 11.5. The van der Waals surface area contributed by atoms with Crippen LogP contribution in [-0.2, 0) is 0 Å². The number of hydrogen-bond donors (Lipinski definition) is 1. The molecule has 2 aliphatic carbocycles. The van der Waals surface area contributed by atoms with Crippen molar-refractivity contribution in [1.82, 2.24) is 0 Å². The van der Waals surface area contributed by atoms with Gasteiger partial charge in [-0.1, -0.05) is 33.1 Å². The Balaban J connectivity index is 1.90. The number of hydrogen-bond acceptors (Lipinski definition) is 1. The van der Waals surface area contributed by atoms with Crippen molar-refractivity contribution in [1.29, 1.82) is 0 Å². The van der Waals surface area contributed by atoms with E-state index in [1.54, 1.807) is 0 Å². The van der Waals surface area contributed by atoms with Crippen LogP contribution in [0.1, 0.15) is 65.2 Å². The molecule has 0 saturated heterocycles. The van der Waals surface area contributed by atoms with Gasteiger partial charge in [0.15, 0.2) is 0 Å². The average Bonchev–Trinajstić information content (AvgIpc) is 2.31. The maximum atomic E-state index is 10.2. The average molecular weight is 224 g/mol. The summed E-state index contributed by atoms with van der Waals surface area (Å²) < 4.78 is 0. The standard InChI is InChI=1S/C15H28O/c1-3-12-6-9-15(16)14(10-12)13-7-4-11(2)5-8-13/h11-16H,3-10H2,1-2H3. The first kappa shape index (κ1) is 12.4. The van der Waals surface area contributed by atoms with Crippen LogP contribution >= 0.6 is 0 Å². The molecule has 2 rings (SSSR count). The summed E-state index contributed by atoms with van der Waals surface area (Å²) in [5.74, 6) is 3.29. The molecule has 2 saturated carbocycles. The summed E-state index contributed by atoms with van der Waals surface area (Å²) in [6, 6.07) is 0. The van der Waals surface area contributed by atoms with E-state index in [0.717, 1.165) is 24.2 Å². The Morgan fingerprint density at radius 3 is 2.31 bits per heavy atom. The molecule has 0 aromatic rings. The second-order valence-corrected chi connectivity index (χ2v) is 6.34. The lowest BCUT2D eigenvalue weighted by Crippen LogP contribution is -2.35. The maximum Gasteiger partial charge on any atom is 0.0571 e. The Bertz CT molecular complexity index is 205. The first-order chi connectivity index (χ1) is 7.70. The fourth-order valence-corrected chi connectivity index (χ4v) is 3.87. The van der Waals surface area contributed by atoms with Crippen LogP contribution in [0.4, 0.5) is 0 Å². The lowest BCUT2D eigenvalue weighted by atomic mass is 9.67. The van der Waals surface area contributed by atoms with Crippen molar-refractivity contribution < 1.29 is 5.11 Å². The van der Waals surface area contributed by atoms with Crippen molar-refractivity contribution in [3.63, 3.8) is 0 Å².